The van der Waals surface area contributed by atoms with Crippen molar-refractivity contribution in [3.05, 3.63) is 28.9 Å². The summed E-state index contributed by atoms with van der Waals surface area (Å²) in [7, 11) is 1.25. The number of nitrogens with zero attached hydrogens (tertiary/aromatic N) is 3. The molecule has 11 heteroatoms. The minimum absolute atomic E-state index is 0.0260. The number of urea groups is 1. The second-order valence-electron chi connectivity index (χ2n) is 8.03. The number of phenols is 1. The van der Waals surface area contributed by atoms with Gasteiger partial charge < -0.3 is 20.5 Å². The minimum atomic E-state index is -0.788. The van der Waals surface area contributed by atoms with E-state index in [1.807, 2.05) is 20.8 Å². The van der Waals surface area contributed by atoms with E-state index in [1.165, 1.54) is 29.9 Å². The number of benzene rings is 1. The number of hydrogen-bond donors (Lipinski definition) is 4. The van der Waals surface area contributed by atoms with Crippen LogP contribution in [0.15, 0.2) is 18.2 Å². The zero-order chi connectivity index (χ0) is 22.9. The van der Waals surface area contributed by atoms with E-state index in [4.69, 9.17) is 11.6 Å². The van der Waals surface area contributed by atoms with Crippen LogP contribution < -0.4 is 10.6 Å². The number of esters is 1. The molecule has 0 aliphatic carbocycles. The minimum Gasteiger partial charge on any atom is -0.508 e. The number of phenolic OH excluding ortho intramolecular Hbond substituents is 1. The Hall–Kier alpha value is -3.27. The molecule has 3 rings (SSSR count). The molecular formula is C20H25ClN6O4. The molecule has 3 aromatic rings. The van der Waals surface area contributed by atoms with Crippen LogP contribution in [0.5, 0.6) is 5.75 Å². The first-order chi connectivity index (χ1) is 14.5. The lowest BCUT2D eigenvalue weighted by molar-refractivity contribution is -0.142. The maximum atomic E-state index is 12.4. The molecule has 31 heavy (non-hydrogen) atoms. The van der Waals surface area contributed by atoms with Gasteiger partial charge in [-0.2, -0.15) is 4.63 Å². The van der Waals surface area contributed by atoms with Gasteiger partial charge >= 0.3 is 12.0 Å². The fourth-order valence-corrected chi connectivity index (χ4v) is 3.47. The Morgan fingerprint density at radius 3 is 2.65 bits per heavy atom. The first-order valence-corrected chi connectivity index (χ1v) is 10.1. The molecule has 4 N–H and O–H groups in total. The number of hydrogen-bond acceptors (Lipinski definition) is 6. The first-order valence-electron chi connectivity index (χ1n) is 9.68. The van der Waals surface area contributed by atoms with Crippen LogP contribution in [0, 0.1) is 0 Å². The molecule has 0 spiro atoms. The Kier molecular flexibility index (Phi) is 6.12. The highest BCUT2D eigenvalue weighted by Gasteiger charge is 2.25. The van der Waals surface area contributed by atoms with Crippen molar-refractivity contribution in [3.63, 3.8) is 0 Å². The number of H-pyrrole nitrogens is 1. The maximum Gasteiger partial charge on any atom is 0.328 e. The number of carbonyl (C=O) groups is 2. The van der Waals surface area contributed by atoms with E-state index in [0.717, 1.165) is 5.69 Å². The van der Waals surface area contributed by atoms with Crippen molar-refractivity contribution in [2.45, 2.75) is 45.6 Å². The molecule has 2 aromatic heterocycles. The van der Waals surface area contributed by atoms with Gasteiger partial charge in [0.2, 0.25) is 0 Å². The average molecular weight is 449 g/mol. The summed E-state index contributed by atoms with van der Waals surface area (Å²) in [5.41, 5.74) is 1.71. The Morgan fingerprint density at radius 2 is 2.06 bits per heavy atom. The summed E-state index contributed by atoms with van der Waals surface area (Å²) in [6.45, 7) is 7.79. The maximum absolute atomic E-state index is 12.4. The summed E-state index contributed by atoms with van der Waals surface area (Å²) in [6.07, 6.45) is 0.366. The number of aromatic hydroxyl groups is 1. The number of fused-ring (bicyclic) bond motifs is 1. The normalized spacial score (nSPS) is 12.6. The topological polar surface area (TPSA) is 134 Å². The van der Waals surface area contributed by atoms with Gasteiger partial charge in [0.05, 0.1) is 18.5 Å². The largest absolute Gasteiger partial charge is 0.508 e. The van der Waals surface area contributed by atoms with Gasteiger partial charge in [0.1, 0.15) is 16.8 Å². The molecule has 0 saturated heterocycles. The molecule has 0 aliphatic heterocycles. The van der Waals surface area contributed by atoms with Gasteiger partial charge in [-0.3, -0.25) is 5.10 Å². The molecule has 0 aliphatic rings. The summed E-state index contributed by atoms with van der Waals surface area (Å²) < 4.78 is 6.13. The van der Waals surface area contributed by atoms with E-state index in [-0.39, 0.29) is 17.0 Å². The van der Waals surface area contributed by atoms with Crippen LogP contribution >= 0.6 is 11.6 Å². The zero-order valence-corrected chi connectivity index (χ0v) is 18.7. The molecule has 1 atom stereocenters. The third-order valence-corrected chi connectivity index (χ3v) is 5.04. The lowest BCUT2D eigenvalue weighted by Gasteiger charge is -2.16. The standard InChI is InChI=1S/C20H25ClN6O4/c1-6-12(18(29)31-5)22-19(30)23-13-8-7-10(28)9-11(13)16-24-17-14(21)15(20(2,3)4)25-27(17)26-16/h7-9,12,25,28H,6H2,1-5H3,(H2,22,23,30). The smallest absolute Gasteiger partial charge is 0.328 e. The molecule has 166 valence electrons. The summed E-state index contributed by atoms with van der Waals surface area (Å²) in [4.78, 5) is 28.6. The van der Waals surface area contributed by atoms with Crippen molar-refractivity contribution in [1.29, 1.82) is 0 Å². The monoisotopic (exact) mass is 448 g/mol. The molecule has 0 radical (unpaired) electrons. The van der Waals surface area contributed by atoms with E-state index in [2.05, 4.69) is 30.6 Å². The summed E-state index contributed by atoms with van der Waals surface area (Å²) in [5, 5.41) is 23.2. The molecule has 0 bridgehead atoms. The molecular weight excluding hydrogens is 424 g/mol. The van der Waals surface area contributed by atoms with Crippen molar-refractivity contribution >= 4 is 34.9 Å². The van der Waals surface area contributed by atoms with Gasteiger partial charge in [0, 0.05) is 11.0 Å². The highest BCUT2D eigenvalue weighted by molar-refractivity contribution is 6.34. The quantitative estimate of drug-likeness (QED) is 0.349. The van der Waals surface area contributed by atoms with E-state index in [9.17, 15) is 14.7 Å². The number of halogens is 1. The number of aromatic nitrogens is 4. The number of amides is 2. The van der Waals surface area contributed by atoms with Gasteiger partial charge in [0.25, 0.3) is 0 Å². The number of aromatic amines is 1. The van der Waals surface area contributed by atoms with Gasteiger partial charge in [-0.15, -0.1) is 5.10 Å². The lowest BCUT2D eigenvalue weighted by Crippen LogP contribution is -2.43. The lowest BCUT2D eigenvalue weighted by atomic mass is 9.92. The van der Waals surface area contributed by atoms with Crippen LogP contribution in [0.3, 0.4) is 0 Å². The Bertz CT molecular complexity index is 1130. The fraction of sp³-hybridized carbons (Fsp3) is 0.400. The van der Waals surface area contributed by atoms with E-state index in [1.54, 1.807) is 6.92 Å². The zero-order valence-electron chi connectivity index (χ0n) is 17.9. The molecule has 1 unspecified atom stereocenters. The number of rotatable bonds is 5. The van der Waals surface area contributed by atoms with Crippen LogP contribution in [0.4, 0.5) is 10.5 Å². The van der Waals surface area contributed by atoms with Crippen LogP contribution in [-0.4, -0.2) is 50.1 Å². The molecule has 0 fully saturated rings. The van der Waals surface area contributed by atoms with Gasteiger partial charge in [-0.05, 0) is 24.6 Å². The highest BCUT2D eigenvalue weighted by atomic mass is 35.5. The predicted octanol–water partition coefficient (Wildman–Crippen LogP) is 3.45. The van der Waals surface area contributed by atoms with Crippen LogP contribution in [0.2, 0.25) is 5.02 Å². The molecule has 0 saturated carbocycles. The number of anilines is 1. The van der Waals surface area contributed by atoms with Crippen LogP contribution in [-0.2, 0) is 14.9 Å². The van der Waals surface area contributed by atoms with Gasteiger partial charge in [-0.25, -0.2) is 14.6 Å². The second kappa shape index (κ2) is 8.46. The SMILES string of the molecule is CCC(NC(=O)Nc1ccc(O)cc1-c1nc2c(Cl)c(C(C)(C)C)[nH]n2n1)C(=O)OC. The number of methoxy groups -OCH3 is 1. The predicted molar refractivity (Wildman–Crippen MR) is 116 cm³/mol. The number of nitrogens with one attached hydrogen (secondary N) is 3. The fourth-order valence-electron chi connectivity index (χ4n) is 3.02. The first kappa shape index (κ1) is 22.4. The summed E-state index contributed by atoms with van der Waals surface area (Å²) in [5.74, 6) is -0.320. The van der Waals surface area contributed by atoms with E-state index >= 15 is 0 Å². The number of ether oxygens (including phenoxy) is 1. The van der Waals surface area contributed by atoms with Crippen molar-refractivity contribution in [1.82, 2.24) is 25.1 Å². The number of carbonyl (C=O) groups excluding carboxylic acids is 2. The third kappa shape index (κ3) is 4.58. The average Bonchev–Trinajstić information content (AvgIpc) is 3.26. The highest BCUT2D eigenvalue weighted by Crippen LogP contribution is 2.34. The molecule has 1 aromatic carbocycles. The molecule has 2 amide bonds. The van der Waals surface area contributed by atoms with E-state index < -0.39 is 18.0 Å². The van der Waals surface area contributed by atoms with Crippen LogP contribution in [0.25, 0.3) is 17.0 Å². The Labute approximate surface area is 183 Å². The summed E-state index contributed by atoms with van der Waals surface area (Å²) in [6, 6.07) is 2.97. The molecule has 10 nitrogen and oxygen atoms in total. The molecule has 2 heterocycles. The summed E-state index contributed by atoms with van der Waals surface area (Å²) >= 11 is 6.49. The second-order valence-corrected chi connectivity index (χ2v) is 8.41. The van der Waals surface area contributed by atoms with Gasteiger partial charge in [-0.1, -0.05) is 39.3 Å². The van der Waals surface area contributed by atoms with Gasteiger partial charge in [0.15, 0.2) is 11.5 Å². The third-order valence-electron chi connectivity index (χ3n) is 4.68. The Balaban J connectivity index is 1.93. The van der Waals surface area contributed by atoms with E-state index in [0.29, 0.717) is 28.3 Å². The Morgan fingerprint density at radius 1 is 1.35 bits per heavy atom. The van der Waals surface area contributed by atoms with Crippen molar-refractivity contribution in [3.8, 4) is 17.1 Å². The van der Waals surface area contributed by atoms with Crippen LogP contribution in [0.1, 0.15) is 39.8 Å². The van der Waals surface area contributed by atoms with Crippen molar-refractivity contribution < 1.29 is 19.4 Å². The van der Waals surface area contributed by atoms with Crippen molar-refractivity contribution in [2.24, 2.45) is 0 Å². The van der Waals surface area contributed by atoms with Crippen molar-refractivity contribution in [2.75, 3.05) is 12.4 Å².